The number of hydrogen-bond acceptors (Lipinski definition) is 6. The molecule has 4 heterocycles. The Kier molecular flexibility index (Phi) is 4.08. The Hall–Kier alpha value is -2.54. The van der Waals surface area contributed by atoms with E-state index in [9.17, 15) is 4.79 Å². The summed E-state index contributed by atoms with van der Waals surface area (Å²) in [6.45, 7) is 0.712. The molecule has 6 nitrogen and oxygen atoms in total. The Morgan fingerprint density at radius 2 is 2.29 bits per heavy atom. The van der Waals surface area contributed by atoms with Crippen LogP contribution in [0.5, 0.6) is 0 Å². The van der Waals surface area contributed by atoms with E-state index in [1.807, 2.05) is 33.9 Å². The molecule has 1 aliphatic rings. The van der Waals surface area contributed by atoms with Crippen molar-refractivity contribution < 1.29 is 9.32 Å². The van der Waals surface area contributed by atoms with Crippen LogP contribution in [0.2, 0.25) is 0 Å². The van der Waals surface area contributed by atoms with Gasteiger partial charge in [-0.2, -0.15) is 16.3 Å². The maximum Gasteiger partial charge on any atom is 0.255 e. The van der Waals surface area contributed by atoms with Gasteiger partial charge in [0.05, 0.1) is 5.56 Å². The molecule has 0 bridgehead atoms. The molecule has 24 heavy (non-hydrogen) atoms. The monoisotopic (exact) mass is 340 g/mol. The van der Waals surface area contributed by atoms with Crippen molar-refractivity contribution in [2.45, 2.75) is 25.3 Å². The van der Waals surface area contributed by atoms with Gasteiger partial charge in [0.15, 0.2) is 0 Å². The minimum absolute atomic E-state index is 0.0297. The van der Waals surface area contributed by atoms with Gasteiger partial charge in [-0.1, -0.05) is 5.16 Å². The summed E-state index contributed by atoms with van der Waals surface area (Å²) < 4.78 is 5.48. The van der Waals surface area contributed by atoms with Crippen molar-refractivity contribution in [2.24, 2.45) is 0 Å². The zero-order chi connectivity index (χ0) is 16.4. The van der Waals surface area contributed by atoms with E-state index in [-0.39, 0.29) is 11.9 Å². The standard InChI is InChI=1S/C17H16N4O2S/c22-17(13-6-9-24-11-13)21-8-2-1-5-14(21)16-19-15(20-23-16)12-4-3-7-18-10-12/h3-4,6-7,9-11,14H,1-2,5,8H2/t14-/m1/s1. The molecule has 0 aromatic carbocycles. The Morgan fingerprint density at radius 1 is 1.33 bits per heavy atom. The second-order valence-electron chi connectivity index (χ2n) is 5.72. The maximum atomic E-state index is 12.8. The number of pyridine rings is 1. The molecule has 1 atom stereocenters. The maximum absolute atomic E-state index is 12.8. The van der Waals surface area contributed by atoms with Crippen LogP contribution in [0.3, 0.4) is 0 Å². The summed E-state index contributed by atoms with van der Waals surface area (Å²) in [7, 11) is 0. The lowest BCUT2D eigenvalue weighted by atomic mass is 10.0. The van der Waals surface area contributed by atoms with E-state index in [1.54, 1.807) is 12.4 Å². The van der Waals surface area contributed by atoms with Crippen LogP contribution >= 0.6 is 11.3 Å². The highest BCUT2D eigenvalue weighted by atomic mass is 32.1. The van der Waals surface area contributed by atoms with Gasteiger partial charge >= 0.3 is 0 Å². The molecule has 4 rings (SSSR count). The lowest BCUT2D eigenvalue weighted by molar-refractivity contribution is 0.0562. The molecule has 1 fully saturated rings. The third-order valence-corrected chi connectivity index (χ3v) is 4.86. The molecule has 1 saturated heterocycles. The first-order valence-electron chi connectivity index (χ1n) is 7.90. The first-order chi connectivity index (χ1) is 11.8. The Labute approximate surface area is 143 Å². The molecular formula is C17H16N4O2S. The molecule has 0 spiro atoms. The Balaban J connectivity index is 1.62. The fourth-order valence-electron chi connectivity index (χ4n) is 2.97. The smallest absolute Gasteiger partial charge is 0.255 e. The summed E-state index contributed by atoms with van der Waals surface area (Å²) in [4.78, 5) is 23.2. The molecule has 3 aromatic rings. The van der Waals surface area contributed by atoms with Crippen LogP contribution in [0.25, 0.3) is 11.4 Å². The molecule has 0 unspecified atom stereocenters. The van der Waals surface area contributed by atoms with E-state index in [1.165, 1.54) is 11.3 Å². The first kappa shape index (κ1) is 15.0. The van der Waals surface area contributed by atoms with Gasteiger partial charge in [0.25, 0.3) is 5.91 Å². The molecule has 0 saturated carbocycles. The van der Waals surface area contributed by atoms with E-state index in [4.69, 9.17) is 4.52 Å². The van der Waals surface area contributed by atoms with Gasteiger partial charge in [0.2, 0.25) is 11.7 Å². The number of hydrogen-bond donors (Lipinski definition) is 0. The third-order valence-electron chi connectivity index (χ3n) is 4.18. The second kappa shape index (κ2) is 6.52. The normalized spacial score (nSPS) is 17.8. The zero-order valence-corrected chi connectivity index (χ0v) is 13.8. The molecule has 0 N–H and O–H groups in total. The van der Waals surface area contributed by atoms with Gasteiger partial charge in [-0.25, -0.2) is 0 Å². The van der Waals surface area contributed by atoms with Crippen molar-refractivity contribution in [1.82, 2.24) is 20.0 Å². The van der Waals surface area contributed by atoms with Crippen molar-refractivity contribution in [2.75, 3.05) is 6.54 Å². The number of rotatable bonds is 3. The van der Waals surface area contributed by atoms with Gasteiger partial charge < -0.3 is 9.42 Å². The third kappa shape index (κ3) is 2.82. The molecule has 1 aliphatic heterocycles. The van der Waals surface area contributed by atoms with Crippen molar-refractivity contribution in [1.29, 1.82) is 0 Å². The zero-order valence-electron chi connectivity index (χ0n) is 13.0. The fourth-order valence-corrected chi connectivity index (χ4v) is 3.60. The van der Waals surface area contributed by atoms with Crippen LogP contribution in [0, 0.1) is 0 Å². The quantitative estimate of drug-likeness (QED) is 0.729. The van der Waals surface area contributed by atoms with E-state index < -0.39 is 0 Å². The summed E-state index contributed by atoms with van der Waals surface area (Å²) in [5.74, 6) is 1.03. The first-order valence-corrected chi connectivity index (χ1v) is 8.84. The highest BCUT2D eigenvalue weighted by molar-refractivity contribution is 7.08. The molecule has 7 heteroatoms. The van der Waals surface area contributed by atoms with Crippen molar-refractivity contribution in [3.8, 4) is 11.4 Å². The number of aromatic nitrogens is 3. The van der Waals surface area contributed by atoms with Gasteiger partial charge in [-0.05, 0) is 42.8 Å². The topological polar surface area (TPSA) is 72.1 Å². The predicted octanol–water partition coefficient (Wildman–Crippen LogP) is 3.56. The SMILES string of the molecule is O=C(c1ccsc1)N1CCCC[C@@H]1c1nc(-c2cccnc2)no1. The van der Waals surface area contributed by atoms with Crippen LogP contribution < -0.4 is 0 Å². The van der Waals surface area contributed by atoms with Crippen LogP contribution in [0.1, 0.15) is 41.6 Å². The largest absolute Gasteiger partial charge is 0.337 e. The van der Waals surface area contributed by atoms with E-state index >= 15 is 0 Å². The molecule has 122 valence electrons. The van der Waals surface area contributed by atoms with Crippen LogP contribution in [-0.2, 0) is 0 Å². The highest BCUT2D eigenvalue weighted by Crippen LogP contribution is 2.32. The number of nitrogens with zero attached hydrogens (tertiary/aromatic N) is 4. The van der Waals surface area contributed by atoms with Crippen molar-refractivity contribution in [3.63, 3.8) is 0 Å². The van der Waals surface area contributed by atoms with Crippen LogP contribution in [-0.4, -0.2) is 32.5 Å². The highest BCUT2D eigenvalue weighted by Gasteiger charge is 2.32. The van der Waals surface area contributed by atoms with Gasteiger partial charge in [0, 0.05) is 29.9 Å². The lowest BCUT2D eigenvalue weighted by Crippen LogP contribution is -2.38. The minimum atomic E-state index is -0.163. The summed E-state index contributed by atoms with van der Waals surface area (Å²) in [5.41, 5.74) is 1.53. The molecule has 1 amide bonds. The number of carbonyl (C=O) groups excluding carboxylic acids is 1. The van der Waals surface area contributed by atoms with E-state index in [2.05, 4.69) is 15.1 Å². The Morgan fingerprint density at radius 3 is 3.08 bits per heavy atom. The molecule has 0 aliphatic carbocycles. The molecule has 3 aromatic heterocycles. The number of piperidine rings is 1. The van der Waals surface area contributed by atoms with Gasteiger partial charge in [0.1, 0.15) is 6.04 Å². The number of likely N-dealkylation sites (tertiary alicyclic amines) is 1. The summed E-state index contributed by atoms with van der Waals surface area (Å²) in [6, 6.07) is 5.41. The van der Waals surface area contributed by atoms with E-state index in [0.29, 0.717) is 18.3 Å². The summed E-state index contributed by atoms with van der Waals surface area (Å²) >= 11 is 1.52. The van der Waals surface area contributed by atoms with Crippen molar-refractivity contribution in [3.05, 3.63) is 52.8 Å². The minimum Gasteiger partial charge on any atom is -0.337 e. The van der Waals surface area contributed by atoms with Crippen LogP contribution in [0.4, 0.5) is 0 Å². The molecular weight excluding hydrogens is 324 g/mol. The average molecular weight is 340 g/mol. The predicted molar refractivity (Wildman–Crippen MR) is 89.5 cm³/mol. The van der Waals surface area contributed by atoms with Crippen LogP contribution in [0.15, 0.2) is 45.9 Å². The summed E-state index contributed by atoms with van der Waals surface area (Å²) in [6.07, 6.45) is 6.28. The van der Waals surface area contributed by atoms with E-state index in [0.717, 1.165) is 30.4 Å². The van der Waals surface area contributed by atoms with Crippen molar-refractivity contribution >= 4 is 17.2 Å². The van der Waals surface area contributed by atoms with Gasteiger partial charge in [-0.3, -0.25) is 9.78 Å². The second-order valence-corrected chi connectivity index (χ2v) is 6.50. The number of thiophene rings is 1. The van der Waals surface area contributed by atoms with Gasteiger partial charge in [-0.15, -0.1) is 0 Å². The Bertz CT molecular complexity index is 816. The number of amides is 1. The molecule has 0 radical (unpaired) electrons. The number of carbonyl (C=O) groups is 1. The average Bonchev–Trinajstić information content (AvgIpc) is 3.34. The fraction of sp³-hybridized carbons (Fsp3) is 0.294. The summed E-state index contributed by atoms with van der Waals surface area (Å²) in [5, 5.41) is 7.85. The lowest BCUT2D eigenvalue weighted by Gasteiger charge is -2.33.